The van der Waals surface area contributed by atoms with Gasteiger partial charge in [-0.15, -0.1) is 0 Å². The van der Waals surface area contributed by atoms with Crippen LogP contribution < -0.4 is 0 Å². The molecule has 1 aliphatic rings. The molecule has 1 unspecified atom stereocenters. The van der Waals surface area contributed by atoms with Crippen LogP contribution in [0.3, 0.4) is 0 Å². The van der Waals surface area contributed by atoms with Gasteiger partial charge in [0, 0.05) is 0 Å². The van der Waals surface area contributed by atoms with Crippen LogP contribution in [0.2, 0.25) is 0 Å². The Hall–Kier alpha value is -1.08. The summed E-state index contributed by atoms with van der Waals surface area (Å²) >= 11 is 0. The molecule has 1 aromatic carbocycles. The first-order valence-electron chi connectivity index (χ1n) is 6.64. The fourth-order valence-corrected chi connectivity index (χ4v) is 2.65. The van der Waals surface area contributed by atoms with Crippen molar-refractivity contribution in [3.05, 3.63) is 47.5 Å². The van der Waals surface area contributed by atoms with E-state index in [9.17, 15) is 5.11 Å². The fraction of sp³-hybridized carbons (Fsp3) is 0.500. The molecule has 0 radical (unpaired) electrons. The molecule has 0 bridgehead atoms. The van der Waals surface area contributed by atoms with Gasteiger partial charge in [-0.25, -0.2) is 0 Å². The highest BCUT2D eigenvalue weighted by molar-refractivity contribution is 5.18. The average molecular weight is 230 g/mol. The lowest BCUT2D eigenvalue weighted by Gasteiger charge is -2.32. The summed E-state index contributed by atoms with van der Waals surface area (Å²) in [4.78, 5) is 0. The molecule has 17 heavy (non-hydrogen) atoms. The van der Waals surface area contributed by atoms with Crippen LogP contribution in [0, 0.1) is 0 Å². The molecule has 0 saturated heterocycles. The zero-order chi connectivity index (χ0) is 12.1. The number of aryl methyl sites for hydroxylation is 1. The van der Waals surface area contributed by atoms with Crippen LogP contribution in [-0.4, -0.2) is 10.7 Å². The molecule has 0 spiro atoms. The Morgan fingerprint density at radius 2 is 2.00 bits per heavy atom. The van der Waals surface area contributed by atoms with Gasteiger partial charge in [0.15, 0.2) is 0 Å². The van der Waals surface area contributed by atoms with E-state index in [0.717, 1.165) is 38.5 Å². The van der Waals surface area contributed by atoms with Gasteiger partial charge in [-0.2, -0.15) is 0 Å². The predicted molar refractivity (Wildman–Crippen MR) is 71.9 cm³/mol. The highest BCUT2D eigenvalue weighted by Gasteiger charge is 2.29. The van der Waals surface area contributed by atoms with Crippen molar-refractivity contribution in [1.82, 2.24) is 0 Å². The molecule has 92 valence electrons. The molecule has 1 N–H and O–H groups in total. The molecule has 0 amide bonds. The maximum absolute atomic E-state index is 10.5. The number of rotatable bonds is 4. The van der Waals surface area contributed by atoms with E-state index >= 15 is 0 Å². The highest BCUT2D eigenvalue weighted by atomic mass is 16.3. The standard InChI is InChI=1S/C16H22O/c1-14-8-5-6-12-16(14,17)13-7-11-15-9-3-2-4-10-15/h2-4,8-10,17H,5-7,11-13H2,1H3. The van der Waals surface area contributed by atoms with E-state index in [4.69, 9.17) is 0 Å². The van der Waals surface area contributed by atoms with Crippen LogP contribution in [-0.2, 0) is 6.42 Å². The Morgan fingerprint density at radius 1 is 1.24 bits per heavy atom. The van der Waals surface area contributed by atoms with Crippen LogP contribution in [0.5, 0.6) is 0 Å². The Labute approximate surface area is 104 Å². The van der Waals surface area contributed by atoms with Gasteiger partial charge >= 0.3 is 0 Å². The van der Waals surface area contributed by atoms with E-state index in [0.29, 0.717) is 0 Å². The van der Waals surface area contributed by atoms with Crippen molar-refractivity contribution in [2.24, 2.45) is 0 Å². The molecule has 1 atom stereocenters. The van der Waals surface area contributed by atoms with Crippen molar-refractivity contribution in [3.8, 4) is 0 Å². The van der Waals surface area contributed by atoms with E-state index in [2.05, 4.69) is 37.3 Å². The summed E-state index contributed by atoms with van der Waals surface area (Å²) in [6.07, 6.45) is 8.41. The molecular formula is C16H22O. The zero-order valence-corrected chi connectivity index (χ0v) is 10.7. The third-order valence-corrected chi connectivity index (χ3v) is 3.88. The first kappa shape index (κ1) is 12.4. The predicted octanol–water partition coefficient (Wildman–Crippen LogP) is 3.87. The average Bonchev–Trinajstić information content (AvgIpc) is 2.35. The van der Waals surface area contributed by atoms with Gasteiger partial charge in [-0.05, 0) is 56.6 Å². The molecule has 0 saturated carbocycles. The highest BCUT2D eigenvalue weighted by Crippen LogP contribution is 2.33. The third kappa shape index (κ3) is 3.19. The number of benzene rings is 1. The van der Waals surface area contributed by atoms with Gasteiger partial charge in [0.2, 0.25) is 0 Å². The normalized spacial score (nSPS) is 24.5. The van der Waals surface area contributed by atoms with E-state index < -0.39 is 5.60 Å². The van der Waals surface area contributed by atoms with Crippen molar-refractivity contribution in [1.29, 1.82) is 0 Å². The van der Waals surface area contributed by atoms with Gasteiger partial charge in [0.1, 0.15) is 0 Å². The summed E-state index contributed by atoms with van der Waals surface area (Å²) in [5.41, 5.74) is 2.03. The quantitative estimate of drug-likeness (QED) is 0.778. The van der Waals surface area contributed by atoms with Crippen molar-refractivity contribution in [3.63, 3.8) is 0 Å². The molecule has 1 nitrogen and oxygen atoms in total. The van der Waals surface area contributed by atoms with E-state index in [1.54, 1.807) is 0 Å². The van der Waals surface area contributed by atoms with E-state index in [1.807, 2.05) is 6.07 Å². The largest absolute Gasteiger partial charge is 0.386 e. The summed E-state index contributed by atoms with van der Waals surface area (Å²) < 4.78 is 0. The smallest absolute Gasteiger partial charge is 0.0854 e. The van der Waals surface area contributed by atoms with Gasteiger partial charge in [0.25, 0.3) is 0 Å². The maximum Gasteiger partial charge on any atom is 0.0854 e. The second-order valence-electron chi connectivity index (χ2n) is 5.15. The summed E-state index contributed by atoms with van der Waals surface area (Å²) in [7, 11) is 0. The number of hydrogen-bond acceptors (Lipinski definition) is 1. The van der Waals surface area contributed by atoms with Crippen molar-refractivity contribution in [2.45, 2.75) is 51.0 Å². The van der Waals surface area contributed by atoms with Gasteiger partial charge in [-0.3, -0.25) is 0 Å². The van der Waals surface area contributed by atoms with Crippen LogP contribution in [0.25, 0.3) is 0 Å². The fourth-order valence-electron chi connectivity index (χ4n) is 2.65. The Morgan fingerprint density at radius 3 is 2.71 bits per heavy atom. The molecule has 1 aliphatic carbocycles. The van der Waals surface area contributed by atoms with E-state index in [1.165, 1.54) is 11.1 Å². The van der Waals surface area contributed by atoms with Gasteiger partial charge in [0.05, 0.1) is 5.60 Å². The summed E-state index contributed by atoms with van der Waals surface area (Å²) in [6.45, 7) is 2.07. The topological polar surface area (TPSA) is 20.2 Å². The van der Waals surface area contributed by atoms with Crippen LogP contribution >= 0.6 is 0 Å². The molecular weight excluding hydrogens is 208 g/mol. The second kappa shape index (κ2) is 5.50. The summed E-state index contributed by atoms with van der Waals surface area (Å²) in [5, 5.41) is 10.5. The summed E-state index contributed by atoms with van der Waals surface area (Å²) in [5.74, 6) is 0. The van der Waals surface area contributed by atoms with Crippen molar-refractivity contribution in [2.75, 3.05) is 0 Å². The number of aliphatic hydroxyl groups is 1. The first-order valence-corrected chi connectivity index (χ1v) is 6.64. The third-order valence-electron chi connectivity index (χ3n) is 3.88. The van der Waals surface area contributed by atoms with Crippen LogP contribution in [0.1, 0.15) is 44.6 Å². The minimum Gasteiger partial charge on any atom is -0.386 e. The molecule has 0 aromatic heterocycles. The lowest BCUT2D eigenvalue weighted by molar-refractivity contribution is 0.0509. The Balaban J connectivity index is 1.86. The monoisotopic (exact) mass is 230 g/mol. The summed E-state index contributed by atoms with van der Waals surface area (Å²) in [6, 6.07) is 10.5. The minimum atomic E-state index is -0.521. The van der Waals surface area contributed by atoms with E-state index in [-0.39, 0.29) is 0 Å². The first-order chi connectivity index (χ1) is 8.21. The van der Waals surface area contributed by atoms with Crippen LogP contribution in [0.4, 0.5) is 0 Å². The zero-order valence-electron chi connectivity index (χ0n) is 10.7. The maximum atomic E-state index is 10.5. The van der Waals surface area contributed by atoms with Crippen molar-refractivity contribution >= 4 is 0 Å². The lowest BCUT2D eigenvalue weighted by Crippen LogP contribution is -2.32. The number of hydrogen-bond donors (Lipinski definition) is 1. The van der Waals surface area contributed by atoms with Crippen molar-refractivity contribution < 1.29 is 5.11 Å². The lowest BCUT2D eigenvalue weighted by atomic mass is 9.80. The SMILES string of the molecule is CC1=CCCCC1(O)CCCc1ccccc1. The molecule has 0 aliphatic heterocycles. The molecule has 2 rings (SSSR count). The molecule has 0 fully saturated rings. The Kier molecular flexibility index (Phi) is 4.01. The second-order valence-corrected chi connectivity index (χ2v) is 5.15. The van der Waals surface area contributed by atoms with Crippen LogP contribution in [0.15, 0.2) is 42.0 Å². The molecule has 0 heterocycles. The van der Waals surface area contributed by atoms with Gasteiger partial charge < -0.3 is 5.11 Å². The Bertz CT molecular complexity index is 380. The minimum absolute atomic E-state index is 0.521. The molecule has 1 heteroatoms. The number of allylic oxidation sites excluding steroid dienone is 1. The van der Waals surface area contributed by atoms with Gasteiger partial charge in [-0.1, -0.05) is 36.4 Å². The molecule has 1 aromatic rings.